The molecule has 9 heteroatoms. The average Bonchev–Trinajstić information content (AvgIpc) is 2.64. The maximum atomic E-state index is 13.3. The highest BCUT2D eigenvalue weighted by Crippen LogP contribution is 2.08. The van der Waals surface area contributed by atoms with E-state index in [1.165, 1.54) is 31.5 Å². The maximum absolute atomic E-state index is 13.3. The molecular weight excluding hydrogens is 329 g/mol. The van der Waals surface area contributed by atoms with Gasteiger partial charge in [-0.15, -0.1) is 5.10 Å². The summed E-state index contributed by atoms with van der Waals surface area (Å²) in [5.41, 5.74) is 0.228. The molecule has 0 fully saturated rings. The van der Waals surface area contributed by atoms with Gasteiger partial charge in [0.05, 0.1) is 19.0 Å². The zero-order chi connectivity index (χ0) is 17.8. The molecule has 3 aromatic rings. The Morgan fingerprint density at radius 2 is 2.16 bits per heavy atom. The molecule has 0 atom stereocenters. The molecule has 0 aliphatic heterocycles. The van der Waals surface area contributed by atoms with Crippen LogP contribution in [0.4, 0.5) is 4.39 Å². The monoisotopic (exact) mass is 343 g/mol. The fraction of sp³-hybridized carbons (Fsp3) is 0.188. The Balaban J connectivity index is 1.69. The molecule has 0 bridgehead atoms. The minimum absolute atomic E-state index is 0.103. The van der Waals surface area contributed by atoms with Gasteiger partial charge in [0.2, 0.25) is 5.88 Å². The molecule has 2 aromatic heterocycles. The van der Waals surface area contributed by atoms with Gasteiger partial charge >= 0.3 is 0 Å². The van der Waals surface area contributed by atoms with Gasteiger partial charge in [0.25, 0.3) is 11.5 Å². The summed E-state index contributed by atoms with van der Waals surface area (Å²) < 4.78 is 19.3. The normalized spacial score (nSPS) is 10.6. The number of hydrogen-bond donors (Lipinski definition) is 1. The number of ether oxygens (including phenoxy) is 1. The van der Waals surface area contributed by atoms with Crippen LogP contribution in [0.3, 0.4) is 0 Å². The molecule has 1 aromatic carbocycles. The smallest absolute Gasteiger partial charge is 0.277 e. The first kappa shape index (κ1) is 16.5. The molecule has 8 nitrogen and oxygen atoms in total. The minimum Gasteiger partial charge on any atom is -0.481 e. The first-order chi connectivity index (χ1) is 12.1. The number of methoxy groups -OCH3 is 1. The molecule has 0 saturated carbocycles. The van der Waals surface area contributed by atoms with Crippen LogP contribution in [0, 0.1) is 5.82 Å². The van der Waals surface area contributed by atoms with Gasteiger partial charge in [-0.2, -0.15) is 0 Å². The van der Waals surface area contributed by atoms with Gasteiger partial charge in [-0.25, -0.2) is 14.1 Å². The van der Waals surface area contributed by atoms with Crippen molar-refractivity contribution in [3.8, 4) is 5.88 Å². The van der Waals surface area contributed by atoms with Gasteiger partial charge in [0, 0.05) is 24.4 Å². The Morgan fingerprint density at radius 1 is 1.32 bits per heavy atom. The summed E-state index contributed by atoms with van der Waals surface area (Å²) in [6, 6.07) is 6.76. The van der Waals surface area contributed by atoms with Gasteiger partial charge in [-0.3, -0.25) is 9.59 Å². The minimum atomic E-state index is -0.524. The van der Waals surface area contributed by atoms with Crippen LogP contribution in [0.5, 0.6) is 5.88 Å². The lowest BCUT2D eigenvalue weighted by Crippen LogP contribution is -2.32. The van der Waals surface area contributed by atoms with Crippen molar-refractivity contribution >= 4 is 16.8 Å². The van der Waals surface area contributed by atoms with Crippen LogP contribution in [0.2, 0.25) is 0 Å². The highest BCUT2D eigenvalue weighted by molar-refractivity contribution is 5.94. The average molecular weight is 343 g/mol. The summed E-state index contributed by atoms with van der Waals surface area (Å²) >= 11 is 0. The molecule has 0 radical (unpaired) electrons. The number of benzene rings is 1. The molecule has 2 heterocycles. The van der Waals surface area contributed by atoms with Crippen LogP contribution in [0.15, 0.2) is 41.3 Å². The van der Waals surface area contributed by atoms with Crippen LogP contribution in [-0.4, -0.2) is 39.5 Å². The number of fused-ring (bicyclic) bond motifs is 1. The van der Waals surface area contributed by atoms with Crippen molar-refractivity contribution in [1.29, 1.82) is 0 Å². The summed E-state index contributed by atoms with van der Waals surface area (Å²) in [6.07, 6.45) is 1.46. The van der Waals surface area contributed by atoms with Gasteiger partial charge in [0.1, 0.15) is 11.3 Å². The molecule has 128 valence electrons. The molecule has 0 spiro atoms. The Hall–Kier alpha value is -3.36. The lowest BCUT2D eigenvalue weighted by Gasteiger charge is -2.07. The number of hydrogen-bond acceptors (Lipinski definition) is 6. The molecular formula is C16H14FN5O3. The molecule has 3 rings (SSSR count). The zero-order valence-electron chi connectivity index (χ0n) is 13.3. The van der Waals surface area contributed by atoms with Crippen LogP contribution < -0.4 is 15.6 Å². The Bertz CT molecular complexity index is 989. The highest BCUT2D eigenvalue weighted by Gasteiger charge is 2.09. The zero-order valence-corrected chi connectivity index (χ0v) is 13.3. The highest BCUT2D eigenvalue weighted by atomic mass is 19.1. The summed E-state index contributed by atoms with van der Waals surface area (Å²) in [4.78, 5) is 28.3. The number of amides is 1. The van der Waals surface area contributed by atoms with E-state index in [1.54, 1.807) is 6.07 Å². The van der Waals surface area contributed by atoms with Gasteiger partial charge in [-0.05, 0) is 24.3 Å². The Morgan fingerprint density at radius 3 is 2.96 bits per heavy atom. The molecule has 0 unspecified atom stereocenters. The summed E-state index contributed by atoms with van der Waals surface area (Å²) in [5.74, 6) is -0.538. The third kappa shape index (κ3) is 3.60. The van der Waals surface area contributed by atoms with Crippen molar-refractivity contribution in [1.82, 2.24) is 25.3 Å². The molecule has 0 saturated heterocycles. The van der Waals surface area contributed by atoms with E-state index in [0.29, 0.717) is 17.0 Å². The fourth-order valence-electron chi connectivity index (χ4n) is 2.23. The number of nitrogens with one attached hydrogen (secondary N) is 1. The molecule has 0 aliphatic rings. The number of carbonyl (C=O) groups is 1. The Kier molecular flexibility index (Phi) is 4.64. The van der Waals surface area contributed by atoms with E-state index >= 15 is 0 Å². The number of rotatable bonds is 5. The molecule has 1 N–H and O–H groups in total. The first-order valence-corrected chi connectivity index (χ1v) is 7.40. The van der Waals surface area contributed by atoms with E-state index in [1.807, 2.05) is 0 Å². The molecule has 1 amide bonds. The maximum Gasteiger partial charge on any atom is 0.277 e. The van der Waals surface area contributed by atoms with E-state index in [0.717, 1.165) is 10.7 Å². The van der Waals surface area contributed by atoms with Crippen molar-refractivity contribution in [3.63, 3.8) is 0 Å². The van der Waals surface area contributed by atoms with E-state index in [2.05, 4.69) is 20.6 Å². The summed E-state index contributed by atoms with van der Waals surface area (Å²) in [5, 5.41) is 10.5. The third-order valence-electron chi connectivity index (χ3n) is 3.50. The van der Waals surface area contributed by atoms with Crippen molar-refractivity contribution in [2.45, 2.75) is 6.54 Å². The fourth-order valence-corrected chi connectivity index (χ4v) is 2.23. The summed E-state index contributed by atoms with van der Waals surface area (Å²) in [7, 11) is 1.46. The Labute approximate surface area is 141 Å². The second-order valence-corrected chi connectivity index (χ2v) is 5.12. The largest absolute Gasteiger partial charge is 0.481 e. The number of nitrogens with zero attached hydrogens (tertiary/aromatic N) is 4. The van der Waals surface area contributed by atoms with Crippen LogP contribution >= 0.6 is 0 Å². The van der Waals surface area contributed by atoms with Gasteiger partial charge in [0.15, 0.2) is 0 Å². The van der Waals surface area contributed by atoms with E-state index in [9.17, 15) is 14.0 Å². The van der Waals surface area contributed by atoms with Crippen molar-refractivity contribution < 1.29 is 13.9 Å². The predicted octanol–water partition coefficient (Wildman–Crippen LogP) is 0.764. The van der Waals surface area contributed by atoms with Gasteiger partial charge in [-0.1, -0.05) is 5.21 Å². The second-order valence-electron chi connectivity index (χ2n) is 5.12. The van der Waals surface area contributed by atoms with Gasteiger partial charge < -0.3 is 10.1 Å². The van der Waals surface area contributed by atoms with E-state index < -0.39 is 11.4 Å². The third-order valence-corrected chi connectivity index (χ3v) is 3.50. The summed E-state index contributed by atoms with van der Waals surface area (Å²) in [6.45, 7) is 0.255. The predicted molar refractivity (Wildman–Crippen MR) is 86.9 cm³/mol. The number of halogens is 1. The van der Waals surface area contributed by atoms with Crippen molar-refractivity contribution in [2.75, 3.05) is 13.7 Å². The molecule has 25 heavy (non-hydrogen) atoms. The lowest BCUT2D eigenvalue weighted by molar-refractivity contribution is 0.0951. The standard InChI is InChI=1S/C16H14FN5O3/c1-25-14-8-10(4-5-18-14)15(23)19-6-7-22-16(24)12-9-11(17)2-3-13(12)20-21-22/h2-5,8-9H,6-7H2,1H3,(H,19,23). The number of pyridine rings is 1. The first-order valence-electron chi connectivity index (χ1n) is 7.40. The number of aromatic nitrogens is 4. The SMILES string of the molecule is COc1cc(C(=O)NCCn2nnc3ccc(F)cc3c2=O)ccn1. The van der Waals surface area contributed by atoms with E-state index in [4.69, 9.17) is 4.74 Å². The topological polar surface area (TPSA) is 99.0 Å². The second kappa shape index (κ2) is 7.04. The van der Waals surface area contributed by atoms with Crippen molar-refractivity contribution in [2.24, 2.45) is 0 Å². The van der Waals surface area contributed by atoms with Crippen molar-refractivity contribution in [3.05, 3.63) is 58.3 Å². The lowest BCUT2D eigenvalue weighted by atomic mass is 10.2. The van der Waals surface area contributed by atoms with Crippen LogP contribution in [-0.2, 0) is 6.54 Å². The molecule has 0 aliphatic carbocycles. The number of carbonyl (C=O) groups excluding carboxylic acids is 1. The van der Waals surface area contributed by atoms with Crippen LogP contribution in [0.1, 0.15) is 10.4 Å². The van der Waals surface area contributed by atoms with E-state index in [-0.39, 0.29) is 24.4 Å². The van der Waals surface area contributed by atoms with Crippen LogP contribution in [0.25, 0.3) is 10.9 Å². The quantitative estimate of drug-likeness (QED) is 0.734.